The Morgan fingerprint density at radius 3 is 2.41 bits per heavy atom. The van der Waals surface area contributed by atoms with Gasteiger partial charge in [0.2, 0.25) is 0 Å². The van der Waals surface area contributed by atoms with Gasteiger partial charge in [0.15, 0.2) is 0 Å². The van der Waals surface area contributed by atoms with E-state index in [1.807, 2.05) is 0 Å². The number of hydrogen-bond donors (Lipinski definition) is 4. The van der Waals surface area contributed by atoms with E-state index < -0.39 is 5.97 Å². The van der Waals surface area contributed by atoms with Gasteiger partial charge >= 0.3 is 18.0 Å². The number of carbonyl (C=O) groups is 3. The van der Waals surface area contributed by atoms with E-state index in [1.165, 1.54) is 19.2 Å². The van der Waals surface area contributed by atoms with E-state index in [1.54, 1.807) is 17.0 Å². The molecule has 0 atom stereocenters. The number of carbonyl (C=O) groups excluding carboxylic acids is 2. The molecule has 2 rings (SSSR count). The Bertz CT molecular complexity index is 567. The third-order valence-corrected chi connectivity index (χ3v) is 3.38. The normalized spacial score (nSPS) is 14.0. The first-order chi connectivity index (χ1) is 10.5. The monoisotopic (exact) mass is 306 g/mol. The molecule has 4 amide bonds. The average molecular weight is 306 g/mol. The smallest absolute Gasteiger partial charge is 0.335 e. The topological polar surface area (TPSA) is 111 Å². The maximum absolute atomic E-state index is 11.9. The van der Waals surface area contributed by atoms with Crippen LogP contribution in [0.15, 0.2) is 24.3 Å². The molecule has 1 aromatic carbocycles. The van der Waals surface area contributed by atoms with Gasteiger partial charge in [0, 0.05) is 26.7 Å². The highest BCUT2D eigenvalue weighted by atomic mass is 16.4. The lowest BCUT2D eigenvalue weighted by Crippen LogP contribution is -2.63. The number of amides is 4. The molecule has 0 saturated carbocycles. The quantitative estimate of drug-likeness (QED) is 0.637. The van der Waals surface area contributed by atoms with E-state index in [2.05, 4.69) is 16.0 Å². The predicted octanol–water partition coefficient (Wildman–Crippen LogP) is 0.208. The van der Waals surface area contributed by atoms with Crippen LogP contribution in [-0.4, -0.2) is 54.2 Å². The molecule has 1 saturated heterocycles. The summed E-state index contributed by atoms with van der Waals surface area (Å²) in [4.78, 5) is 35.3. The van der Waals surface area contributed by atoms with Gasteiger partial charge in [-0.1, -0.05) is 12.1 Å². The van der Waals surface area contributed by atoms with Crippen molar-refractivity contribution >= 4 is 18.0 Å². The number of likely N-dealkylation sites (tertiary alicyclic amines) is 1. The SMILES string of the molecule is CNC(=O)NC1CN(C(=O)NCc2ccc(C(=O)O)cc2)C1. The van der Waals surface area contributed by atoms with Crippen LogP contribution in [0.3, 0.4) is 0 Å². The third-order valence-electron chi connectivity index (χ3n) is 3.38. The van der Waals surface area contributed by atoms with E-state index in [4.69, 9.17) is 5.11 Å². The third kappa shape index (κ3) is 3.87. The van der Waals surface area contributed by atoms with Crippen LogP contribution >= 0.6 is 0 Å². The van der Waals surface area contributed by atoms with Crippen LogP contribution in [-0.2, 0) is 6.54 Å². The first-order valence-electron chi connectivity index (χ1n) is 6.83. The molecule has 0 radical (unpaired) electrons. The molecule has 1 aliphatic rings. The lowest BCUT2D eigenvalue weighted by atomic mass is 10.1. The second kappa shape index (κ2) is 6.79. The van der Waals surface area contributed by atoms with Gasteiger partial charge in [-0.25, -0.2) is 14.4 Å². The minimum atomic E-state index is -0.981. The van der Waals surface area contributed by atoms with E-state index in [0.29, 0.717) is 19.6 Å². The fraction of sp³-hybridized carbons (Fsp3) is 0.357. The van der Waals surface area contributed by atoms with Crippen LogP contribution in [0.4, 0.5) is 9.59 Å². The molecular formula is C14H18N4O4. The maximum Gasteiger partial charge on any atom is 0.335 e. The summed E-state index contributed by atoms with van der Waals surface area (Å²) in [6.45, 7) is 1.26. The number of nitrogens with one attached hydrogen (secondary N) is 3. The summed E-state index contributed by atoms with van der Waals surface area (Å²) in [5, 5.41) is 16.7. The van der Waals surface area contributed by atoms with Crippen molar-refractivity contribution in [3.8, 4) is 0 Å². The summed E-state index contributed by atoms with van der Waals surface area (Å²) < 4.78 is 0. The molecule has 1 aromatic rings. The number of carboxylic acids is 1. The molecule has 1 fully saturated rings. The van der Waals surface area contributed by atoms with Gasteiger partial charge in [0.1, 0.15) is 0 Å². The van der Waals surface area contributed by atoms with Gasteiger partial charge in [0.25, 0.3) is 0 Å². The van der Waals surface area contributed by atoms with Gasteiger partial charge in [-0.05, 0) is 17.7 Å². The molecule has 118 valence electrons. The van der Waals surface area contributed by atoms with Gasteiger partial charge < -0.3 is 26.0 Å². The molecule has 4 N–H and O–H groups in total. The molecule has 0 bridgehead atoms. The van der Waals surface area contributed by atoms with Crippen molar-refractivity contribution in [2.24, 2.45) is 0 Å². The maximum atomic E-state index is 11.9. The summed E-state index contributed by atoms with van der Waals surface area (Å²) in [7, 11) is 1.54. The Morgan fingerprint density at radius 2 is 1.86 bits per heavy atom. The van der Waals surface area contributed by atoms with E-state index >= 15 is 0 Å². The molecule has 22 heavy (non-hydrogen) atoms. The average Bonchev–Trinajstić information content (AvgIpc) is 2.48. The predicted molar refractivity (Wildman–Crippen MR) is 78.6 cm³/mol. The van der Waals surface area contributed by atoms with Crippen molar-refractivity contribution in [1.82, 2.24) is 20.9 Å². The second-order valence-electron chi connectivity index (χ2n) is 4.99. The lowest BCUT2D eigenvalue weighted by Gasteiger charge is -2.39. The number of carboxylic acid groups (broad SMARTS) is 1. The zero-order chi connectivity index (χ0) is 16.1. The van der Waals surface area contributed by atoms with E-state index in [-0.39, 0.29) is 23.7 Å². The number of aromatic carboxylic acids is 1. The largest absolute Gasteiger partial charge is 0.478 e. The van der Waals surface area contributed by atoms with Crippen molar-refractivity contribution < 1.29 is 19.5 Å². The fourth-order valence-electron chi connectivity index (χ4n) is 2.05. The number of benzene rings is 1. The molecule has 0 unspecified atom stereocenters. The van der Waals surface area contributed by atoms with Gasteiger partial charge in [-0.3, -0.25) is 0 Å². The summed E-state index contributed by atoms with van der Waals surface area (Å²) in [5.41, 5.74) is 1.03. The Labute approximate surface area is 127 Å². The van der Waals surface area contributed by atoms with E-state index in [9.17, 15) is 14.4 Å². The van der Waals surface area contributed by atoms with Gasteiger partial charge in [0.05, 0.1) is 11.6 Å². The lowest BCUT2D eigenvalue weighted by molar-refractivity contribution is 0.0696. The molecule has 1 aliphatic heterocycles. The summed E-state index contributed by atoms with van der Waals surface area (Å²) in [6, 6.07) is 5.82. The van der Waals surface area contributed by atoms with Crippen molar-refractivity contribution in [3.05, 3.63) is 35.4 Å². The van der Waals surface area contributed by atoms with E-state index in [0.717, 1.165) is 5.56 Å². The van der Waals surface area contributed by atoms with Crippen LogP contribution in [0.1, 0.15) is 15.9 Å². The van der Waals surface area contributed by atoms with Crippen LogP contribution in [0.25, 0.3) is 0 Å². The van der Waals surface area contributed by atoms with Crippen molar-refractivity contribution in [3.63, 3.8) is 0 Å². The molecule has 0 aliphatic carbocycles. The summed E-state index contributed by atoms with van der Waals surface area (Å²) in [5.74, 6) is -0.981. The van der Waals surface area contributed by atoms with Gasteiger partial charge in [-0.2, -0.15) is 0 Å². The Kier molecular flexibility index (Phi) is 4.82. The molecule has 0 aromatic heterocycles. The number of rotatable bonds is 4. The van der Waals surface area contributed by atoms with Crippen LogP contribution in [0.5, 0.6) is 0 Å². The van der Waals surface area contributed by atoms with Crippen LogP contribution < -0.4 is 16.0 Å². The highest BCUT2D eigenvalue weighted by Crippen LogP contribution is 2.09. The minimum absolute atomic E-state index is 0.0273. The highest BCUT2D eigenvalue weighted by molar-refractivity contribution is 5.87. The minimum Gasteiger partial charge on any atom is -0.478 e. The first-order valence-corrected chi connectivity index (χ1v) is 6.83. The van der Waals surface area contributed by atoms with Crippen LogP contribution in [0.2, 0.25) is 0 Å². The first kappa shape index (κ1) is 15.6. The highest BCUT2D eigenvalue weighted by Gasteiger charge is 2.31. The standard InChI is InChI=1S/C14H18N4O4/c1-15-13(21)17-11-7-18(8-11)14(22)16-6-9-2-4-10(5-3-9)12(19)20/h2-5,11H,6-8H2,1H3,(H,16,22)(H,19,20)(H2,15,17,21). The Balaban J connectivity index is 1.72. The summed E-state index contributed by atoms with van der Waals surface area (Å²) >= 11 is 0. The summed E-state index contributed by atoms with van der Waals surface area (Å²) in [6.07, 6.45) is 0. The number of urea groups is 2. The Hall–Kier alpha value is -2.77. The van der Waals surface area contributed by atoms with Gasteiger partial charge in [-0.15, -0.1) is 0 Å². The Morgan fingerprint density at radius 1 is 1.23 bits per heavy atom. The molecule has 0 spiro atoms. The molecule has 8 heteroatoms. The number of nitrogens with zero attached hydrogens (tertiary/aromatic N) is 1. The van der Waals surface area contributed by atoms with Crippen molar-refractivity contribution in [2.75, 3.05) is 20.1 Å². The van der Waals surface area contributed by atoms with Crippen molar-refractivity contribution in [2.45, 2.75) is 12.6 Å². The van der Waals surface area contributed by atoms with Crippen LogP contribution in [0, 0.1) is 0 Å². The fourth-order valence-corrected chi connectivity index (χ4v) is 2.05. The number of hydrogen-bond acceptors (Lipinski definition) is 3. The molecular weight excluding hydrogens is 288 g/mol. The zero-order valence-corrected chi connectivity index (χ0v) is 12.1. The molecule has 1 heterocycles. The molecule has 8 nitrogen and oxygen atoms in total. The zero-order valence-electron chi connectivity index (χ0n) is 12.1. The van der Waals surface area contributed by atoms with Crippen molar-refractivity contribution in [1.29, 1.82) is 0 Å². The second-order valence-corrected chi connectivity index (χ2v) is 4.99.